The standard InChI is InChI=1S/C32H39N3O6/c1-21(2)17-26(33-32(38)25-13-15-27(16-14-25)35(39)40)19-29(36)28(18-24-11-6-5-7-12-24)34-30(37)20-41-31-22(3)9-8-10-23(31)4/h5-16,21,26,28-29,36H,17-20H2,1-4H3,(H,33,38)(H,34,37)/t26-,28-,29-/m0/s1. The van der Waals surface area contributed by atoms with Crippen molar-refractivity contribution in [3.8, 4) is 5.75 Å². The van der Waals surface area contributed by atoms with Crippen LogP contribution in [0.3, 0.4) is 0 Å². The van der Waals surface area contributed by atoms with Crippen LogP contribution in [-0.2, 0) is 11.2 Å². The topological polar surface area (TPSA) is 131 Å². The number of carbonyl (C=O) groups is 2. The Bertz CT molecular complexity index is 1290. The number of benzene rings is 3. The number of amides is 2. The summed E-state index contributed by atoms with van der Waals surface area (Å²) in [6, 6.07) is 19.7. The van der Waals surface area contributed by atoms with Gasteiger partial charge in [-0.1, -0.05) is 62.4 Å². The number of para-hydroxylation sites is 1. The zero-order chi connectivity index (χ0) is 29.9. The lowest BCUT2D eigenvalue weighted by Gasteiger charge is -2.29. The van der Waals surface area contributed by atoms with Gasteiger partial charge in [-0.25, -0.2) is 0 Å². The molecule has 0 aliphatic rings. The van der Waals surface area contributed by atoms with Crippen LogP contribution in [0.25, 0.3) is 0 Å². The first kappa shape index (κ1) is 31.3. The molecule has 0 spiro atoms. The van der Waals surface area contributed by atoms with Gasteiger partial charge >= 0.3 is 0 Å². The van der Waals surface area contributed by atoms with Crippen molar-refractivity contribution in [3.05, 3.63) is 105 Å². The van der Waals surface area contributed by atoms with Gasteiger partial charge in [-0.15, -0.1) is 0 Å². The summed E-state index contributed by atoms with van der Waals surface area (Å²) in [7, 11) is 0. The molecule has 3 N–H and O–H groups in total. The lowest BCUT2D eigenvalue weighted by atomic mass is 9.92. The van der Waals surface area contributed by atoms with Crippen molar-refractivity contribution in [2.75, 3.05) is 6.61 Å². The first-order valence-corrected chi connectivity index (χ1v) is 13.8. The number of aryl methyl sites for hydroxylation is 2. The number of aliphatic hydroxyl groups is 1. The van der Waals surface area contributed by atoms with E-state index in [0.717, 1.165) is 16.7 Å². The fraction of sp³-hybridized carbons (Fsp3) is 0.375. The molecule has 218 valence electrons. The normalized spacial score (nSPS) is 13.2. The predicted octanol–water partition coefficient (Wildman–Crippen LogP) is 4.91. The molecule has 9 nitrogen and oxygen atoms in total. The summed E-state index contributed by atoms with van der Waals surface area (Å²) in [6.07, 6.45) is 0.214. The number of nitro benzene ring substituents is 1. The number of hydrogen-bond acceptors (Lipinski definition) is 6. The Balaban J connectivity index is 1.72. The molecule has 0 saturated carbocycles. The van der Waals surface area contributed by atoms with Crippen molar-refractivity contribution < 1.29 is 24.4 Å². The Hall–Kier alpha value is -4.24. The van der Waals surface area contributed by atoms with E-state index >= 15 is 0 Å². The second-order valence-electron chi connectivity index (χ2n) is 10.8. The summed E-state index contributed by atoms with van der Waals surface area (Å²) < 4.78 is 5.83. The number of ether oxygens (including phenoxy) is 1. The molecule has 41 heavy (non-hydrogen) atoms. The smallest absolute Gasteiger partial charge is 0.269 e. The highest BCUT2D eigenvalue weighted by Crippen LogP contribution is 2.22. The van der Waals surface area contributed by atoms with Crippen molar-refractivity contribution in [2.45, 2.75) is 65.1 Å². The first-order valence-electron chi connectivity index (χ1n) is 13.8. The molecule has 3 atom stereocenters. The van der Waals surface area contributed by atoms with Crippen LogP contribution in [0, 0.1) is 29.9 Å². The van der Waals surface area contributed by atoms with Crippen LogP contribution in [0.1, 0.15) is 53.7 Å². The van der Waals surface area contributed by atoms with E-state index in [1.807, 2.05) is 76.2 Å². The maximum atomic E-state index is 13.0. The van der Waals surface area contributed by atoms with Gasteiger partial charge < -0.3 is 20.5 Å². The van der Waals surface area contributed by atoms with Crippen LogP contribution in [0.5, 0.6) is 5.75 Å². The van der Waals surface area contributed by atoms with Crippen LogP contribution in [0.15, 0.2) is 72.8 Å². The fourth-order valence-corrected chi connectivity index (χ4v) is 4.81. The highest BCUT2D eigenvalue weighted by Gasteiger charge is 2.27. The third-order valence-corrected chi connectivity index (χ3v) is 6.82. The number of carbonyl (C=O) groups excluding carboxylic acids is 2. The van der Waals surface area contributed by atoms with Crippen molar-refractivity contribution in [2.24, 2.45) is 5.92 Å². The van der Waals surface area contributed by atoms with E-state index in [1.54, 1.807) is 0 Å². The lowest BCUT2D eigenvalue weighted by molar-refractivity contribution is -0.384. The van der Waals surface area contributed by atoms with E-state index in [4.69, 9.17) is 4.74 Å². The van der Waals surface area contributed by atoms with Crippen molar-refractivity contribution in [1.29, 1.82) is 0 Å². The van der Waals surface area contributed by atoms with Gasteiger partial charge in [0.15, 0.2) is 6.61 Å². The van der Waals surface area contributed by atoms with Crippen LogP contribution in [0.2, 0.25) is 0 Å². The summed E-state index contributed by atoms with van der Waals surface area (Å²) in [6.45, 7) is 7.68. The SMILES string of the molecule is Cc1cccc(C)c1OCC(=O)N[C@@H](Cc1ccccc1)[C@@H](O)C[C@H](CC(C)C)NC(=O)c1ccc([N+](=O)[O-])cc1. The number of rotatable bonds is 14. The molecule has 2 amide bonds. The van der Waals surface area contributed by atoms with Crippen LogP contribution < -0.4 is 15.4 Å². The average molecular weight is 562 g/mol. The van der Waals surface area contributed by atoms with Gasteiger partial charge in [0.1, 0.15) is 5.75 Å². The maximum absolute atomic E-state index is 13.0. The molecule has 3 aromatic carbocycles. The molecule has 0 bridgehead atoms. The molecular weight excluding hydrogens is 522 g/mol. The van der Waals surface area contributed by atoms with Crippen molar-refractivity contribution in [3.63, 3.8) is 0 Å². The molecule has 0 heterocycles. The van der Waals surface area contributed by atoms with Crippen molar-refractivity contribution >= 4 is 17.5 Å². The fourth-order valence-electron chi connectivity index (χ4n) is 4.81. The molecule has 0 unspecified atom stereocenters. The minimum absolute atomic E-state index is 0.100. The largest absolute Gasteiger partial charge is 0.483 e. The van der Waals surface area contributed by atoms with E-state index in [1.165, 1.54) is 24.3 Å². The van der Waals surface area contributed by atoms with E-state index in [9.17, 15) is 24.8 Å². The van der Waals surface area contributed by atoms with E-state index in [2.05, 4.69) is 10.6 Å². The number of nitro groups is 1. The zero-order valence-electron chi connectivity index (χ0n) is 24.0. The summed E-state index contributed by atoms with van der Waals surface area (Å²) in [5, 5.41) is 28.2. The number of non-ortho nitro benzene ring substituents is 1. The molecule has 3 rings (SSSR count). The summed E-state index contributed by atoms with van der Waals surface area (Å²) in [5.41, 5.74) is 2.99. The van der Waals surface area contributed by atoms with Gasteiger partial charge in [0.2, 0.25) is 0 Å². The van der Waals surface area contributed by atoms with Crippen LogP contribution >= 0.6 is 0 Å². The Labute approximate surface area is 241 Å². The highest BCUT2D eigenvalue weighted by molar-refractivity contribution is 5.94. The molecular formula is C32H39N3O6. The second-order valence-corrected chi connectivity index (χ2v) is 10.8. The van der Waals surface area contributed by atoms with Crippen molar-refractivity contribution in [1.82, 2.24) is 10.6 Å². The van der Waals surface area contributed by atoms with E-state index < -0.39 is 23.1 Å². The maximum Gasteiger partial charge on any atom is 0.269 e. The van der Waals surface area contributed by atoms with Gasteiger partial charge in [0, 0.05) is 23.7 Å². The van der Waals surface area contributed by atoms with E-state index in [0.29, 0.717) is 18.6 Å². The quantitative estimate of drug-likeness (QED) is 0.189. The molecule has 0 aliphatic heterocycles. The molecule has 0 aromatic heterocycles. The Morgan fingerprint density at radius 3 is 2.12 bits per heavy atom. The summed E-state index contributed by atoms with van der Waals surface area (Å²) in [4.78, 5) is 36.4. The third-order valence-electron chi connectivity index (χ3n) is 6.82. The molecule has 0 fully saturated rings. The number of nitrogens with one attached hydrogen (secondary N) is 2. The van der Waals surface area contributed by atoms with Gasteiger partial charge in [-0.2, -0.15) is 0 Å². The van der Waals surface area contributed by atoms with Crippen LogP contribution in [-0.4, -0.2) is 46.6 Å². The molecule has 0 saturated heterocycles. The minimum Gasteiger partial charge on any atom is -0.483 e. The van der Waals surface area contributed by atoms with Gasteiger partial charge in [0.25, 0.3) is 17.5 Å². The van der Waals surface area contributed by atoms with Gasteiger partial charge in [-0.05, 0) is 67.9 Å². The second kappa shape index (κ2) is 14.9. The highest BCUT2D eigenvalue weighted by atomic mass is 16.6. The first-order chi connectivity index (χ1) is 19.5. The predicted molar refractivity (Wildman–Crippen MR) is 158 cm³/mol. The van der Waals surface area contributed by atoms with Gasteiger partial charge in [0.05, 0.1) is 17.1 Å². The monoisotopic (exact) mass is 561 g/mol. The van der Waals surface area contributed by atoms with E-state index in [-0.39, 0.29) is 42.0 Å². The average Bonchev–Trinajstić information content (AvgIpc) is 2.92. The number of hydrogen-bond donors (Lipinski definition) is 3. The van der Waals surface area contributed by atoms with Crippen LogP contribution in [0.4, 0.5) is 5.69 Å². The third kappa shape index (κ3) is 9.72. The molecule has 0 aliphatic carbocycles. The molecule has 0 radical (unpaired) electrons. The number of aliphatic hydroxyl groups excluding tert-OH is 1. The Morgan fingerprint density at radius 1 is 0.902 bits per heavy atom. The zero-order valence-corrected chi connectivity index (χ0v) is 24.0. The summed E-state index contributed by atoms with van der Waals surface area (Å²) in [5.74, 6) is 0.136. The molecule has 3 aromatic rings. The lowest BCUT2D eigenvalue weighted by Crippen LogP contribution is -2.49. The van der Waals surface area contributed by atoms with Gasteiger partial charge in [-0.3, -0.25) is 19.7 Å². The number of nitrogens with zero attached hydrogens (tertiary/aromatic N) is 1. The summed E-state index contributed by atoms with van der Waals surface area (Å²) >= 11 is 0. The Morgan fingerprint density at radius 2 is 1.54 bits per heavy atom. The molecule has 9 heteroatoms. The minimum atomic E-state index is -0.972. The Kier molecular flexibility index (Phi) is 11.4.